The number of hydrogen-bond donors (Lipinski definition) is 3. The normalized spacial score (nSPS) is 11.4. The van der Waals surface area contributed by atoms with Gasteiger partial charge < -0.3 is 5.32 Å². The van der Waals surface area contributed by atoms with Crippen molar-refractivity contribution >= 4 is 27.6 Å². The van der Waals surface area contributed by atoms with Crippen LogP contribution in [0.25, 0.3) is 0 Å². The number of H-pyrrole nitrogens is 1. The minimum Gasteiger partial charge on any atom is -0.356 e. The first-order chi connectivity index (χ1) is 18.8. The van der Waals surface area contributed by atoms with E-state index in [2.05, 4.69) is 30.7 Å². The van der Waals surface area contributed by atoms with Gasteiger partial charge in [-0.1, -0.05) is 82.8 Å². The van der Waals surface area contributed by atoms with E-state index in [0.29, 0.717) is 32.2 Å². The Morgan fingerprint density at radius 2 is 1.28 bits per heavy atom. The lowest BCUT2D eigenvalue weighted by atomic mass is 10.0. The predicted molar refractivity (Wildman–Crippen MR) is 151 cm³/mol. The van der Waals surface area contributed by atoms with Crippen molar-refractivity contribution in [1.82, 2.24) is 30.7 Å². The SMILES string of the molecule is CCC(=O)CCCNC(=O)CCCS(=O)(=O)NC(=O)CCCCCCCCCCCCCCCc1nn[nH]n1. The Balaban J connectivity index is 1.88. The first kappa shape index (κ1) is 34.7. The third kappa shape index (κ3) is 21.2. The first-order valence-electron chi connectivity index (χ1n) is 14.9. The van der Waals surface area contributed by atoms with Gasteiger partial charge in [-0.2, -0.15) is 5.21 Å². The molecule has 0 radical (unpaired) electrons. The molecule has 0 spiro atoms. The molecular weight excluding hydrogens is 520 g/mol. The fraction of sp³-hybridized carbons (Fsp3) is 0.852. The van der Waals surface area contributed by atoms with Crippen LogP contribution in [0.1, 0.15) is 135 Å². The number of ketones is 1. The highest BCUT2D eigenvalue weighted by Gasteiger charge is 2.15. The molecule has 1 heterocycles. The van der Waals surface area contributed by atoms with Gasteiger partial charge in [0.15, 0.2) is 5.82 Å². The summed E-state index contributed by atoms with van der Waals surface area (Å²) in [6.07, 6.45) is 17.8. The van der Waals surface area contributed by atoms with E-state index in [9.17, 15) is 22.8 Å². The largest absolute Gasteiger partial charge is 0.356 e. The molecule has 0 aliphatic rings. The van der Waals surface area contributed by atoms with E-state index in [1.54, 1.807) is 6.92 Å². The van der Waals surface area contributed by atoms with Crippen molar-refractivity contribution in [2.45, 2.75) is 135 Å². The second-order valence-electron chi connectivity index (χ2n) is 10.2. The molecular formula is C27H50N6O5S. The number of sulfonamides is 1. The van der Waals surface area contributed by atoms with Crippen molar-refractivity contribution in [3.05, 3.63) is 5.82 Å². The number of nitrogens with zero attached hydrogens (tertiary/aromatic N) is 3. The highest BCUT2D eigenvalue weighted by Crippen LogP contribution is 2.13. The average Bonchev–Trinajstić information content (AvgIpc) is 3.42. The smallest absolute Gasteiger partial charge is 0.234 e. The second kappa shape index (κ2) is 22.4. The molecule has 12 heteroatoms. The van der Waals surface area contributed by atoms with Crippen molar-refractivity contribution in [2.24, 2.45) is 0 Å². The van der Waals surface area contributed by atoms with E-state index < -0.39 is 15.9 Å². The summed E-state index contributed by atoms with van der Waals surface area (Å²) in [5, 5.41) is 16.6. The van der Waals surface area contributed by atoms with E-state index >= 15 is 0 Å². The van der Waals surface area contributed by atoms with Gasteiger partial charge in [0.05, 0.1) is 5.75 Å². The molecule has 0 aliphatic heterocycles. The molecule has 11 nitrogen and oxygen atoms in total. The second-order valence-corrected chi connectivity index (χ2v) is 12.1. The zero-order chi connectivity index (χ0) is 28.6. The lowest BCUT2D eigenvalue weighted by Crippen LogP contribution is -2.33. The predicted octanol–water partition coefficient (Wildman–Crippen LogP) is 4.31. The number of aryl methyl sites for hydroxylation is 1. The standard InChI is InChI=1S/C27H50N6O5S/c1-2-24(34)18-16-22-28-26(35)21-17-23-39(37,38)31-27(36)20-15-13-11-9-7-5-3-4-6-8-10-12-14-19-25-29-32-33-30-25/h2-23H2,1H3,(H,28,35)(H,31,36)(H,29,30,32,33). The van der Waals surface area contributed by atoms with Crippen LogP contribution in [-0.4, -0.2) is 58.9 Å². The van der Waals surface area contributed by atoms with E-state index in [-0.39, 0.29) is 36.7 Å². The summed E-state index contributed by atoms with van der Waals surface area (Å²) in [5.41, 5.74) is 0. The van der Waals surface area contributed by atoms with Crippen molar-refractivity contribution in [3.8, 4) is 0 Å². The minimum absolute atomic E-state index is 0.0698. The number of Topliss-reactive ketones (excluding diaryl/α,β-unsaturated/α-hetero) is 1. The molecule has 224 valence electrons. The summed E-state index contributed by atoms with van der Waals surface area (Å²) in [5.74, 6) is -0.0297. The quantitative estimate of drug-likeness (QED) is 0.139. The summed E-state index contributed by atoms with van der Waals surface area (Å²) in [7, 11) is -3.73. The van der Waals surface area contributed by atoms with Gasteiger partial charge in [-0.05, 0) is 25.7 Å². The van der Waals surface area contributed by atoms with Gasteiger partial charge in [0, 0.05) is 38.6 Å². The first-order valence-corrected chi connectivity index (χ1v) is 16.5. The lowest BCUT2D eigenvalue weighted by molar-refractivity contribution is -0.122. The molecule has 0 aromatic carbocycles. The number of aromatic nitrogens is 4. The van der Waals surface area contributed by atoms with Crippen molar-refractivity contribution < 1.29 is 22.8 Å². The lowest BCUT2D eigenvalue weighted by Gasteiger charge is -2.08. The van der Waals surface area contributed by atoms with Gasteiger partial charge in [0.2, 0.25) is 21.8 Å². The Hall–Kier alpha value is -2.37. The summed E-state index contributed by atoms with van der Waals surface area (Å²) in [6.45, 7) is 2.21. The number of nitrogens with one attached hydrogen (secondary N) is 3. The highest BCUT2D eigenvalue weighted by molar-refractivity contribution is 7.90. The minimum atomic E-state index is -3.73. The van der Waals surface area contributed by atoms with Crippen LogP contribution in [0.15, 0.2) is 0 Å². The molecule has 0 aliphatic carbocycles. The Kier molecular flexibility index (Phi) is 19.9. The van der Waals surface area contributed by atoms with Crippen LogP contribution >= 0.6 is 0 Å². The molecule has 0 bridgehead atoms. The van der Waals surface area contributed by atoms with Gasteiger partial charge >= 0.3 is 0 Å². The summed E-state index contributed by atoms with van der Waals surface area (Å²) >= 11 is 0. The Bertz CT molecular complexity index is 892. The maximum atomic E-state index is 12.1. The third-order valence-electron chi connectivity index (χ3n) is 6.63. The average molecular weight is 571 g/mol. The van der Waals surface area contributed by atoms with Gasteiger partial charge in [-0.15, -0.1) is 10.2 Å². The summed E-state index contributed by atoms with van der Waals surface area (Å²) in [4.78, 5) is 35.0. The molecule has 0 unspecified atom stereocenters. The number of amides is 2. The molecule has 0 saturated heterocycles. The summed E-state index contributed by atoms with van der Waals surface area (Å²) in [6, 6.07) is 0. The number of tetrazole rings is 1. The van der Waals surface area contributed by atoms with Gasteiger partial charge in [-0.25, -0.2) is 8.42 Å². The number of hydrogen-bond acceptors (Lipinski definition) is 8. The van der Waals surface area contributed by atoms with Crippen molar-refractivity contribution in [2.75, 3.05) is 12.3 Å². The van der Waals surface area contributed by atoms with Crippen LogP contribution in [0, 0.1) is 0 Å². The van der Waals surface area contributed by atoms with Crippen molar-refractivity contribution in [1.29, 1.82) is 0 Å². The van der Waals surface area contributed by atoms with Crippen LogP contribution in [0.2, 0.25) is 0 Å². The molecule has 39 heavy (non-hydrogen) atoms. The Morgan fingerprint density at radius 1 is 0.718 bits per heavy atom. The van der Waals surface area contributed by atoms with Gasteiger partial charge in [-0.3, -0.25) is 19.1 Å². The Morgan fingerprint density at radius 3 is 1.85 bits per heavy atom. The third-order valence-corrected chi connectivity index (χ3v) is 7.99. The molecule has 3 N–H and O–H groups in total. The number of unbranched alkanes of at least 4 members (excludes halogenated alkanes) is 12. The zero-order valence-corrected chi connectivity index (χ0v) is 24.7. The Labute approximate surface area is 234 Å². The summed E-state index contributed by atoms with van der Waals surface area (Å²) < 4.78 is 26.3. The van der Waals surface area contributed by atoms with E-state index in [1.165, 1.54) is 51.4 Å². The fourth-order valence-electron chi connectivity index (χ4n) is 4.28. The van der Waals surface area contributed by atoms with Crippen LogP contribution in [-0.2, 0) is 30.8 Å². The van der Waals surface area contributed by atoms with Crippen molar-refractivity contribution in [3.63, 3.8) is 0 Å². The van der Waals surface area contributed by atoms with E-state index in [1.807, 2.05) is 0 Å². The van der Waals surface area contributed by atoms with Gasteiger partial charge in [0.25, 0.3) is 0 Å². The maximum absolute atomic E-state index is 12.1. The molecule has 0 atom stereocenters. The van der Waals surface area contributed by atoms with Crippen LogP contribution < -0.4 is 10.0 Å². The molecule has 0 saturated carbocycles. The number of aromatic amines is 1. The monoisotopic (exact) mass is 570 g/mol. The van der Waals surface area contributed by atoms with Crippen LogP contribution in [0.3, 0.4) is 0 Å². The molecule has 1 rings (SSSR count). The van der Waals surface area contributed by atoms with E-state index in [0.717, 1.165) is 37.9 Å². The molecule has 1 aromatic rings. The number of carbonyl (C=O) groups is 3. The molecule has 2 amide bonds. The molecule has 1 aromatic heterocycles. The zero-order valence-electron chi connectivity index (χ0n) is 23.8. The maximum Gasteiger partial charge on any atom is 0.234 e. The van der Waals surface area contributed by atoms with Crippen LogP contribution in [0.4, 0.5) is 0 Å². The fourth-order valence-corrected chi connectivity index (χ4v) is 5.35. The topological polar surface area (TPSA) is 164 Å². The van der Waals surface area contributed by atoms with Crippen LogP contribution in [0.5, 0.6) is 0 Å². The van der Waals surface area contributed by atoms with Gasteiger partial charge in [0.1, 0.15) is 5.78 Å². The number of rotatable bonds is 26. The van der Waals surface area contributed by atoms with E-state index in [4.69, 9.17) is 0 Å². The number of carbonyl (C=O) groups excluding carboxylic acids is 3. The highest BCUT2D eigenvalue weighted by atomic mass is 32.2. The molecule has 0 fully saturated rings.